The van der Waals surface area contributed by atoms with Gasteiger partial charge in [-0.3, -0.25) is 19.7 Å². The highest BCUT2D eigenvalue weighted by atomic mass is 16.6. The second kappa shape index (κ2) is 6.21. The molecule has 0 unspecified atom stereocenters. The third-order valence-electron chi connectivity index (χ3n) is 3.02. The van der Waals surface area contributed by atoms with Gasteiger partial charge in [-0.2, -0.15) is 0 Å². The predicted octanol–water partition coefficient (Wildman–Crippen LogP) is 1.37. The monoisotopic (exact) mass is 293 g/mol. The van der Waals surface area contributed by atoms with E-state index in [9.17, 15) is 19.7 Å². The molecule has 0 saturated heterocycles. The number of rotatable bonds is 7. The van der Waals surface area contributed by atoms with Gasteiger partial charge in [0, 0.05) is 24.2 Å². The van der Waals surface area contributed by atoms with Gasteiger partial charge in [-0.15, -0.1) is 0 Å². The van der Waals surface area contributed by atoms with Crippen LogP contribution in [-0.2, 0) is 4.79 Å². The van der Waals surface area contributed by atoms with Crippen molar-refractivity contribution in [2.75, 3.05) is 11.9 Å². The summed E-state index contributed by atoms with van der Waals surface area (Å²) in [5.41, 5.74) is 0.172. The van der Waals surface area contributed by atoms with Crippen LogP contribution >= 0.6 is 0 Å². The van der Waals surface area contributed by atoms with Crippen molar-refractivity contribution < 1.29 is 19.6 Å². The number of aliphatic carboxylic acids is 1. The summed E-state index contributed by atoms with van der Waals surface area (Å²) >= 11 is 0. The third kappa shape index (κ3) is 4.16. The van der Waals surface area contributed by atoms with Gasteiger partial charge in [0.1, 0.15) is 5.69 Å². The fraction of sp³-hybridized carbons (Fsp3) is 0.385. The number of carboxylic acid groups (broad SMARTS) is 1. The third-order valence-corrected chi connectivity index (χ3v) is 3.02. The van der Waals surface area contributed by atoms with Gasteiger partial charge in [0.15, 0.2) is 0 Å². The number of nitrogens with zero attached hydrogens (tertiary/aromatic N) is 1. The molecule has 0 aliphatic heterocycles. The summed E-state index contributed by atoms with van der Waals surface area (Å²) < 4.78 is 0. The molecule has 1 aromatic rings. The van der Waals surface area contributed by atoms with Crippen molar-refractivity contribution in [1.29, 1.82) is 0 Å². The first-order valence-electron chi connectivity index (χ1n) is 6.52. The first-order valence-corrected chi connectivity index (χ1v) is 6.52. The fourth-order valence-corrected chi connectivity index (χ4v) is 1.77. The average Bonchev–Trinajstić information content (AvgIpc) is 3.22. The van der Waals surface area contributed by atoms with E-state index in [0.717, 1.165) is 12.8 Å². The summed E-state index contributed by atoms with van der Waals surface area (Å²) in [7, 11) is 0. The van der Waals surface area contributed by atoms with E-state index in [1.165, 1.54) is 18.2 Å². The Bertz CT molecular complexity index is 583. The van der Waals surface area contributed by atoms with E-state index in [1.54, 1.807) is 0 Å². The molecule has 1 saturated carbocycles. The maximum atomic E-state index is 11.9. The lowest BCUT2D eigenvalue weighted by molar-refractivity contribution is -0.384. The Morgan fingerprint density at radius 3 is 2.67 bits per heavy atom. The Balaban J connectivity index is 2.11. The van der Waals surface area contributed by atoms with Gasteiger partial charge in [-0.25, -0.2) is 0 Å². The number of hydrogen-bond acceptors (Lipinski definition) is 5. The highest BCUT2D eigenvalue weighted by Gasteiger charge is 2.25. The molecule has 1 aromatic carbocycles. The van der Waals surface area contributed by atoms with E-state index in [4.69, 9.17) is 5.11 Å². The summed E-state index contributed by atoms with van der Waals surface area (Å²) in [4.78, 5) is 32.7. The molecular weight excluding hydrogens is 278 g/mol. The van der Waals surface area contributed by atoms with Crippen LogP contribution in [-0.4, -0.2) is 34.5 Å². The number of carbonyl (C=O) groups is 2. The van der Waals surface area contributed by atoms with Crippen molar-refractivity contribution in [3.8, 4) is 0 Å². The second-order valence-electron chi connectivity index (χ2n) is 4.81. The molecule has 2 rings (SSSR count). The molecule has 112 valence electrons. The number of benzene rings is 1. The summed E-state index contributed by atoms with van der Waals surface area (Å²) in [6, 6.07) is 4.26. The van der Waals surface area contributed by atoms with Crippen LogP contribution in [0.2, 0.25) is 0 Å². The summed E-state index contributed by atoms with van der Waals surface area (Å²) in [6.45, 7) is 0.0732. The Hall–Kier alpha value is -2.64. The number of amides is 1. The Labute approximate surface area is 120 Å². The Morgan fingerprint density at radius 2 is 2.10 bits per heavy atom. The van der Waals surface area contributed by atoms with Crippen LogP contribution < -0.4 is 10.6 Å². The normalized spacial score (nSPS) is 13.5. The molecule has 1 aliphatic carbocycles. The number of carboxylic acids is 1. The first kappa shape index (κ1) is 14.8. The standard InChI is InChI=1S/C13H15N3O5/c17-12(18)5-6-14-10-4-1-8(7-11(10)16(20)21)13(19)15-9-2-3-9/h1,4,7,9,14H,2-3,5-6H2,(H,15,19)(H,17,18). The summed E-state index contributed by atoms with van der Waals surface area (Å²) in [6.07, 6.45) is 1.71. The zero-order valence-electron chi connectivity index (χ0n) is 11.2. The van der Waals surface area contributed by atoms with Gasteiger partial charge in [0.05, 0.1) is 11.3 Å². The molecule has 0 heterocycles. The van der Waals surface area contributed by atoms with Crippen LogP contribution in [0.3, 0.4) is 0 Å². The number of hydrogen-bond donors (Lipinski definition) is 3. The maximum absolute atomic E-state index is 11.9. The molecule has 0 aromatic heterocycles. The first-order chi connectivity index (χ1) is 9.97. The van der Waals surface area contributed by atoms with Gasteiger partial charge in [0.2, 0.25) is 0 Å². The van der Waals surface area contributed by atoms with Gasteiger partial charge in [0.25, 0.3) is 11.6 Å². The zero-order chi connectivity index (χ0) is 15.4. The van der Waals surface area contributed by atoms with Gasteiger partial charge in [-0.1, -0.05) is 0 Å². The van der Waals surface area contributed by atoms with E-state index in [2.05, 4.69) is 10.6 Å². The van der Waals surface area contributed by atoms with E-state index < -0.39 is 10.9 Å². The van der Waals surface area contributed by atoms with Crippen LogP contribution in [0.5, 0.6) is 0 Å². The van der Waals surface area contributed by atoms with Gasteiger partial charge < -0.3 is 15.7 Å². The minimum atomic E-state index is -0.995. The molecule has 0 bridgehead atoms. The topological polar surface area (TPSA) is 122 Å². The largest absolute Gasteiger partial charge is 0.481 e. The van der Waals surface area contributed by atoms with Crippen molar-refractivity contribution >= 4 is 23.3 Å². The Kier molecular flexibility index (Phi) is 4.36. The molecule has 1 fully saturated rings. The molecule has 3 N–H and O–H groups in total. The second-order valence-corrected chi connectivity index (χ2v) is 4.81. The van der Waals surface area contributed by atoms with E-state index in [0.29, 0.717) is 0 Å². The predicted molar refractivity (Wildman–Crippen MR) is 74.3 cm³/mol. The molecule has 0 spiro atoms. The number of nitrogens with one attached hydrogen (secondary N) is 2. The van der Waals surface area contributed by atoms with Crippen LogP contribution in [0, 0.1) is 10.1 Å². The van der Waals surface area contributed by atoms with E-state index >= 15 is 0 Å². The Morgan fingerprint density at radius 1 is 1.38 bits per heavy atom. The van der Waals surface area contributed by atoms with Crippen molar-refractivity contribution in [1.82, 2.24) is 5.32 Å². The maximum Gasteiger partial charge on any atom is 0.305 e. The van der Waals surface area contributed by atoms with E-state index in [1.807, 2.05) is 0 Å². The molecule has 1 aliphatic rings. The van der Waals surface area contributed by atoms with E-state index in [-0.39, 0.29) is 41.9 Å². The number of carbonyl (C=O) groups excluding carboxylic acids is 1. The van der Waals surface area contributed by atoms with Crippen molar-refractivity contribution in [3.05, 3.63) is 33.9 Å². The smallest absolute Gasteiger partial charge is 0.305 e. The lowest BCUT2D eigenvalue weighted by Crippen LogP contribution is -2.25. The van der Waals surface area contributed by atoms with Crippen LogP contribution in [0.4, 0.5) is 11.4 Å². The molecule has 0 atom stereocenters. The molecule has 8 heteroatoms. The summed E-state index contributed by atoms with van der Waals surface area (Å²) in [5.74, 6) is -1.33. The SMILES string of the molecule is O=C(O)CCNc1ccc(C(=O)NC2CC2)cc1[N+](=O)[O-]. The lowest BCUT2D eigenvalue weighted by Gasteiger charge is -2.08. The minimum Gasteiger partial charge on any atom is -0.481 e. The number of nitro groups is 1. The van der Waals surface area contributed by atoms with Crippen LogP contribution in [0.15, 0.2) is 18.2 Å². The van der Waals surface area contributed by atoms with Crippen molar-refractivity contribution in [2.45, 2.75) is 25.3 Å². The number of nitro benzene ring substituents is 1. The van der Waals surface area contributed by atoms with Crippen LogP contribution in [0.1, 0.15) is 29.6 Å². The van der Waals surface area contributed by atoms with Crippen LogP contribution in [0.25, 0.3) is 0 Å². The number of anilines is 1. The highest BCUT2D eigenvalue weighted by molar-refractivity contribution is 5.96. The highest BCUT2D eigenvalue weighted by Crippen LogP contribution is 2.26. The summed E-state index contributed by atoms with van der Waals surface area (Å²) in [5, 5.41) is 25.0. The van der Waals surface area contributed by atoms with Gasteiger partial charge >= 0.3 is 5.97 Å². The molecular formula is C13H15N3O5. The quantitative estimate of drug-likeness (QED) is 0.515. The molecule has 0 radical (unpaired) electrons. The van der Waals surface area contributed by atoms with Crippen molar-refractivity contribution in [3.63, 3.8) is 0 Å². The molecule has 21 heavy (non-hydrogen) atoms. The van der Waals surface area contributed by atoms with Crippen molar-refractivity contribution in [2.24, 2.45) is 0 Å². The minimum absolute atomic E-state index is 0.0732. The van der Waals surface area contributed by atoms with Gasteiger partial charge in [-0.05, 0) is 25.0 Å². The average molecular weight is 293 g/mol. The zero-order valence-corrected chi connectivity index (χ0v) is 11.2. The molecule has 8 nitrogen and oxygen atoms in total. The molecule has 1 amide bonds. The fourth-order valence-electron chi connectivity index (χ4n) is 1.77. The lowest BCUT2D eigenvalue weighted by atomic mass is 10.1.